The fourth-order valence-corrected chi connectivity index (χ4v) is 4.02. The Morgan fingerprint density at radius 2 is 1.79 bits per heavy atom. The molecule has 5 nitrogen and oxygen atoms in total. The minimum atomic E-state index is -0.103. The van der Waals surface area contributed by atoms with Crippen LogP contribution in [0.25, 0.3) is 10.9 Å². The van der Waals surface area contributed by atoms with Crippen LogP contribution in [0.2, 0.25) is 0 Å². The van der Waals surface area contributed by atoms with Crippen LogP contribution >= 0.6 is 11.8 Å². The van der Waals surface area contributed by atoms with Crippen LogP contribution in [0.4, 0.5) is 0 Å². The van der Waals surface area contributed by atoms with Crippen molar-refractivity contribution < 1.29 is 4.79 Å². The van der Waals surface area contributed by atoms with Gasteiger partial charge in [0.05, 0.1) is 22.7 Å². The second kappa shape index (κ2) is 9.27. The predicted octanol–water partition coefficient (Wildman–Crippen LogP) is 4.10. The van der Waals surface area contributed by atoms with Gasteiger partial charge in [0.1, 0.15) is 0 Å². The van der Waals surface area contributed by atoms with Crippen molar-refractivity contribution in [3.05, 3.63) is 70.0 Å². The Labute approximate surface area is 175 Å². The van der Waals surface area contributed by atoms with Crippen molar-refractivity contribution >= 4 is 28.6 Å². The van der Waals surface area contributed by atoms with Gasteiger partial charge in [-0.25, -0.2) is 4.98 Å². The first kappa shape index (κ1) is 21.1. The molecule has 1 amide bonds. The number of fused-ring (bicyclic) bond motifs is 1. The molecule has 0 radical (unpaired) electrons. The van der Waals surface area contributed by atoms with Crippen molar-refractivity contribution in [1.29, 1.82) is 0 Å². The maximum atomic E-state index is 12.5. The number of amides is 1. The average Bonchev–Trinajstić information content (AvgIpc) is 2.69. The van der Waals surface area contributed by atoms with E-state index in [0.717, 1.165) is 12.0 Å². The summed E-state index contributed by atoms with van der Waals surface area (Å²) >= 11 is 1.27. The highest BCUT2D eigenvalue weighted by atomic mass is 32.2. The van der Waals surface area contributed by atoms with E-state index < -0.39 is 0 Å². The van der Waals surface area contributed by atoms with Gasteiger partial charge in [-0.15, -0.1) is 0 Å². The number of carbonyl (C=O) groups is 1. The van der Waals surface area contributed by atoms with Crippen molar-refractivity contribution in [2.75, 3.05) is 5.75 Å². The van der Waals surface area contributed by atoms with Crippen molar-refractivity contribution in [3.63, 3.8) is 0 Å². The number of nitrogens with zero attached hydrogens (tertiary/aromatic N) is 2. The first-order valence-corrected chi connectivity index (χ1v) is 10.8. The minimum absolute atomic E-state index is 0.0791. The number of aromatic nitrogens is 2. The van der Waals surface area contributed by atoms with E-state index in [0.29, 0.717) is 22.0 Å². The summed E-state index contributed by atoms with van der Waals surface area (Å²) in [5.74, 6) is 0.736. The zero-order valence-electron chi connectivity index (χ0n) is 17.3. The molecule has 152 valence electrons. The third-order valence-corrected chi connectivity index (χ3v) is 5.81. The van der Waals surface area contributed by atoms with Crippen LogP contribution < -0.4 is 10.9 Å². The summed E-state index contributed by atoms with van der Waals surface area (Å²) in [4.78, 5) is 29.4. The van der Waals surface area contributed by atoms with Crippen LogP contribution in [0.15, 0.2) is 58.5 Å². The SMILES string of the molecule is CC(C)Cc1ccc(C(C)NC(=O)CSc2nc3ccccc3c(=O)n2C)cc1. The van der Waals surface area contributed by atoms with Crippen LogP contribution in [0.3, 0.4) is 0 Å². The fraction of sp³-hybridized carbons (Fsp3) is 0.348. The largest absolute Gasteiger partial charge is 0.349 e. The monoisotopic (exact) mass is 409 g/mol. The second-order valence-corrected chi connectivity index (χ2v) is 8.64. The lowest BCUT2D eigenvalue weighted by atomic mass is 10.00. The van der Waals surface area contributed by atoms with E-state index in [1.165, 1.54) is 21.9 Å². The molecule has 6 heteroatoms. The molecule has 0 spiro atoms. The maximum absolute atomic E-state index is 12.5. The summed E-state index contributed by atoms with van der Waals surface area (Å²) < 4.78 is 1.50. The third-order valence-electron chi connectivity index (χ3n) is 4.78. The Bertz CT molecular complexity index is 1060. The number of nitrogens with one attached hydrogen (secondary N) is 1. The zero-order valence-corrected chi connectivity index (χ0v) is 18.1. The summed E-state index contributed by atoms with van der Waals surface area (Å²) in [6, 6.07) is 15.6. The van der Waals surface area contributed by atoms with E-state index in [1.807, 2.05) is 25.1 Å². The first-order chi connectivity index (χ1) is 13.8. The average molecular weight is 410 g/mol. The molecule has 0 aliphatic heterocycles. The van der Waals surface area contributed by atoms with Crippen molar-refractivity contribution in [3.8, 4) is 0 Å². The van der Waals surface area contributed by atoms with E-state index in [-0.39, 0.29) is 23.3 Å². The Morgan fingerprint density at radius 1 is 1.10 bits per heavy atom. The summed E-state index contributed by atoms with van der Waals surface area (Å²) in [6.07, 6.45) is 1.05. The summed E-state index contributed by atoms with van der Waals surface area (Å²) in [5, 5.41) is 4.14. The number of carbonyl (C=O) groups excluding carboxylic acids is 1. The van der Waals surface area contributed by atoms with Gasteiger partial charge in [0, 0.05) is 7.05 Å². The van der Waals surface area contributed by atoms with Gasteiger partial charge in [0.15, 0.2) is 5.16 Å². The first-order valence-electron chi connectivity index (χ1n) is 9.82. The molecule has 1 unspecified atom stereocenters. The van der Waals surface area contributed by atoms with Gasteiger partial charge < -0.3 is 5.32 Å². The molecule has 0 fully saturated rings. The number of thioether (sulfide) groups is 1. The van der Waals surface area contributed by atoms with Crippen LogP contribution in [0.5, 0.6) is 0 Å². The molecule has 3 rings (SSSR count). The molecule has 1 aromatic heterocycles. The molecule has 0 aliphatic carbocycles. The lowest BCUT2D eigenvalue weighted by Gasteiger charge is -2.15. The highest BCUT2D eigenvalue weighted by Gasteiger charge is 2.13. The van der Waals surface area contributed by atoms with Gasteiger partial charge in [-0.3, -0.25) is 14.2 Å². The molecule has 2 aromatic carbocycles. The van der Waals surface area contributed by atoms with E-state index in [9.17, 15) is 9.59 Å². The molecule has 0 aliphatic rings. The molecule has 0 bridgehead atoms. The quantitative estimate of drug-likeness (QED) is 0.471. The Balaban J connectivity index is 1.62. The van der Waals surface area contributed by atoms with Crippen LogP contribution in [0, 0.1) is 5.92 Å². The van der Waals surface area contributed by atoms with Crippen LogP contribution in [0.1, 0.15) is 37.9 Å². The predicted molar refractivity (Wildman–Crippen MR) is 119 cm³/mol. The van der Waals surface area contributed by atoms with Crippen molar-refractivity contribution in [2.45, 2.75) is 38.4 Å². The highest BCUT2D eigenvalue weighted by Crippen LogP contribution is 2.18. The van der Waals surface area contributed by atoms with Gasteiger partial charge in [-0.05, 0) is 42.5 Å². The van der Waals surface area contributed by atoms with Crippen LogP contribution in [-0.4, -0.2) is 21.2 Å². The summed E-state index contributed by atoms with van der Waals surface area (Å²) in [7, 11) is 1.68. The molecule has 1 heterocycles. The minimum Gasteiger partial charge on any atom is -0.349 e. The van der Waals surface area contributed by atoms with E-state index in [2.05, 4.69) is 48.4 Å². The molecular weight excluding hydrogens is 382 g/mol. The lowest BCUT2D eigenvalue weighted by molar-refractivity contribution is -0.119. The standard InChI is InChI=1S/C23H27N3O2S/c1-15(2)13-17-9-11-18(12-10-17)16(3)24-21(27)14-29-23-25-20-8-6-5-7-19(20)22(28)26(23)4/h5-12,15-16H,13-14H2,1-4H3,(H,24,27). The normalized spacial score (nSPS) is 12.3. The van der Waals surface area contributed by atoms with Gasteiger partial charge in [0.25, 0.3) is 5.56 Å². The smallest absolute Gasteiger partial charge is 0.261 e. The third kappa shape index (κ3) is 5.26. The van der Waals surface area contributed by atoms with E-state index in [4.69, 9.17) is 0 Å². The van der Waals surface area contributed by atoms with Gasteiger partial charge in [-0.1, -0.05) is 62.0 Å². The molecule has 29 heavy (non-hydrogen) atoms. The number of rotatable bonds is 7. The number of benzene rings is 2. The molecule has 0 saturated heterocycles. The Kier molecular flexibility index (Phi) is 6.75. The summed E-state index contributed by atoms with van der Waals surface area (Å²) in [5.41, 5.74) is 2.93. The molecular formula is C23H27N3O2S. The maximum Gasteiger partial charge on any atom is 0.261 e. The van der Waals surface area contributed by atoms with Crippen molar-refractivity contribution in [1.82, 2.24) is 14.9 Å². The highest BCUT2D eigenvalue weighted by molar-refractivity contribution is 7.99. The van der Waals surface area contributed by atoms with Gasteiger partial charge in [0.2, 0.25) is 5.91 Å². The molecule has 3 aromatic rings. The molecule has 1 atom stereocenters. The van der Waals surface area contributed by atoms with E-state index in [1.54, 1.807) is 13.1 Å². The van der Waals surface area contributed by atoms with Gasteiger partial charge in [-0.2, -0.15) is 0 Å². The van der Waals surface area contributed by atoms with Crippen molar-refractivity contribution in [2.24, 2.45) is 13.0 Å². The summed E-state index contributed by atoms with van der Waals surface area (Å²) in [6.45, 7) is 6.38. The number of hydrogen-bond donors (Lipinski definition) is 1. The second-order valence-electron chi connectivity index (χ2n) is 7.69. The molecule has 0 saturated carbocycles. The number of hydrogen-bond acceptors (Lipinski definition) is 4. The lowest BCUT2D eigenvalue weighted by Crippen LogP contribution is -2.28. The molecule has 1 N–H and O–H groups in total. The van der Waals surface area contributed by atoms with E-state index >= 15 is 0 Å². The Morgan fingerprint density at radius 3 is 2.48 bits per heavy atom. The topological polar surface area (TPSA) is 64.0 Å². The van der Waals surface area contributed by atoms with Gasteiger partial charge >= 0.3 is 0 Å². The number of para-hydroxylation sites is 1. The Hall–Kier alpha value is -2.60. The zero-order chi connectivity index (χ0) is 21.0. The van der Waals surface area contributed by atoms with Crippen LogP contribution in [-0.2, 0) is 18.3 Å². The fourth-order valence-electron chi connectivity index (χ4n) is 3.24.